The standard InChI is InChI=1S/C12H12BrN3O2/c1-6-11(18-7(2)15-6)12(17)16-8-3-4-9(13)10(14)5-8/h3-5H,14H2,1-2H3,(H,16,17). The van der Waals surface area contributed by atoms with Crippen LogP contribution >= 0.6 is 15.9 Å². The van der Waals surface area contributed by atoms with E-state index < -0.39 is 0 Å². The first-order valence-electron chi connectivity index (χ1n) is 5.28. The summed E-state index contributed by atoms with van der Waals surface area (Å²) in [5.41, 5.74) is 7.46. The number of nitrogens with one attached hydrogen (secondary N) is 1. The number of benzene rings is 1. The van der Waals surface area contributed by atoms with E-state index in [1.807, 2.05) is 0 Å². The number of nitrogen functional groups attached to an aromatic ring is 1. The summed E-state index contributed by atoms with van der Waals surface area (Å²) in [5, 5.41) is 2.71. The van der Waals surface area contributed by atoms with Gasteiger partial charge in [0.1, 0.15) is 0 Å². The van der Waals surface area contributed by atoms with Crippen molar-refractivity contribution in [3.63, 3.8) is 0 Å². The molecule has 2 rings (SSSR count). The second-order valence-corrected chi connectivity index (χ2v) is 4.69. The van der Waals surface area contributed by atoms with Crippen molar-refractivity contribution in [1.82, 2.24) is 4.98 Å². The minimum absolute atomic E-state index is 0.217. The van der Waals surface area contributed by atoms with Crippen molar-refractivity contribution in [3.05, 3.63) is 40.0 Å². The van der Waals surface area contributed by atoms with Crippen molar-refractivity contribution in [2.75, 3.05) is 11.1 Å². The monoisotopic (exact) mass is 309 g/mol. The molecular weight excluding hydrogens is 298 g/mol. The molecule has 0 bridgehead atoms. The van der Waals surface area contributed by atoms with E-state index in [0.29, 0.717) is 23.0 Å². The first-order chi connectivity index (χ1) is 8.47. The van der Waals surface area contributed by atoms with Gasteiger partial charge >= 0.3 is 0 Å². The van der Waals surface area contributed by atoms with Gasteiger partial charge in [0.05, 0.1) is 5.69 Å². The molecule has 0 saturated carbocycles. The summed E-state index contributed by atoms with van der Waals surface area (Å²) in [6, 6.07) is 5.18. The fourth-order valence-corrected chi connectivity index (χ4v) is 1.80. The lowest BCUT2D eigenvalue weighted by Crippen LogP contribution is -2.12. The average molecular weight is 310 g/mol. The molecule has 0 aliphatic carbocycles. The molecule has 1 aromatic carbocycles. The molecule has 0 spiro atoms. The molecular formula is C12H12BrN3O2. The van der Waals surface area contributed by atoms with E-state index in [1.165, 1.54) is 0 Å². The molecule has 1 aromatic heterocycles. The lowest BCUT2D eigenvalue weighted by atomic mass is 10.2. The second-order valence-electron chi connectivity index (χ2n) is 3.84. The number of hydrogen-bond acceptors (Lipinski definition) is 4. The largest absolute Gasteiger partial charge is 0.436 e. The van der Waals surface area contributed by atoms with E-state index in [2.05, 4.69) is 26.2 Å². The molecule has 0 aliphatic rings. The van der Waals surface area contributed by atoms with Crippen molar-refractivity contribution in [1.29, 1.82) is 0 Å². The van der Waals surface area contributed by atoms with Crippen LogP contribution in [-0.2, 0) is 0 Å². The highest BCUT2D eigenvalue weighted by molar-refractivity contribution is 9.10. The molecule has 6 heteroatoms. The van der Waals surface area contributed by atoms with Gasteiger partial charge in [-0.15, -0.1) is 0 Å². The Morgan fingerprint density at radius 1 is 1.44 bits per heavy atom. The van der Waals surface area contributed by atoms with Crippen LogP contribution in [0.5, 0.6) is 0 Å². The van der Waals surface area contributed by atoms with Crippen LogP contribution in [-0.4, -0.2) is 10.9 Å². The van der Waals surface area contributed by atoms with Crippen molar-refractivity contribution in [2.45, 2.75) is 13.8 Å². The fraction of sp³-hybridized carbons (Fsp3) is 0.167. The van der Waals surface area contributed by atoms with Crippen LogP contribution in [0.15, 0.2) is 27.1 Å². The van der Waals surface area contributed by atoms with Gasteiger partial charge in [0.2, 0.25) is 5.76 Å². The zero-order valence-electron chi connectivity index (χ0n) is 9.95. The molecule has 1 amide bonds. The predicted molar refractivity (Wildman–Crippen MR) is 72.5 cm³/mol. The SMILES string of the molecule is Cc1nc(C)c(C(=O)Nc2ccc(Br)c(N)c2)o1. The van der Waals surface area contributed by atoms with Gasteiger partial charge in [-0.2, -0.15) is 0 Å². The maximum absolute atomic E-state index is 11.9. The maximum Gasteiger partial charge on any atom is 0.293 e. The molecule has 3 N–H and O–H groups in total. The summed E-state index contributed by atoms with van der Waals surface area (Å²) in [7, 11) is 0. The van der Waals surface area contributed by atoms with E-state index in [1.54, 1.807) is 32.0 Å². The van der Waals surface area contributed by atoms with E-state index in [4.69, 9.17) is 10.2 Å². The number of carbonyl (C=O) groups excluding carboxylic acids is 1. The quantitative estimate of drug-likeness (QED) is 0.836. The number of anilines is 2. The smallest absolute Gasteiger partial charge is 0.293 e. The Labute approximate surface area is 113 Å². The van der Waals surface area contributed by atoms with E-state index in [0.717, 1.165) is 4.47 Å². The van der Waals surface area contributed by atoms with Gasteiger partial charge in [-0.05, 0) is 41.1 Å². The summed E-state index contributed by atoms with van der Waals surface area (Å²) >= 11 is 3.29. The molecule has 2 aromatic rings. The predicted octanol–water partition coefficient (Wildman–Crippen LogP) is 2.89. The van der Waals surface area contributed by atoms with Gasteiger partial charge in [0, 0.05) is 22.8 Å². The highest BCUT2D eigenvalue weighted by Gasteiger charge is 2.16. The Kier molecular flexibility index (Phi) is 3.38. The number of hydrogen-bond donors (Lipinski definition) is 2. The number of aromatic nitrogens is 1. The average Bonchev–Trinajstić information content (AvgIpc) is 2.63. The Bertz CT molecular complexity index is 607. The van der Waals surface area contributed by atoms with Crippen LogP contribution < -0.4 is 11.1 Å². The highest BCUT2D eigenvalue weighted by atomic mass is 79.9. The van der Waals surface area contributed by atoms with Gasteiger partial charge in [-0.3, -0.25) is 4.79 Å². The second kappa shape index (κ2) is 4.81. The van der Waals surface area contributed by atoms with Crippen LogP contribution in [0.25, 0.3) is 0 Å². The molecule has 94 valence electrons. The van der Waals surface area contributed by atoms with E-state index in [-0.39, 0.29) is 11.7 Å². The third kappa shape index (κ3) is 2.53. The Morgan fingerprint density at radius 2 is 2.17 bits per heavy atom. The summed E-state index contributed by atoms with van der Waals surface area (Å²) < 4.78 is 6.02. The molecule has 0 fully saturated rings. The fourth-order valence-electron chi connectivity index (χ4n) is 1.55. The number of amides is 1. The summed E-state index contributed by atoms with van der Waals surface area (Å²) in [4.78, 5) is 16.0. The van der Waals surface area contributed by atoms with Gasteiger partial charge in [0.15, 0.2) is 5.89 Å². The van der Waals surface area contributed by atoms with Crippen molar-refractivity contribution in [2.24, 2.45) is 0 Å². The van der Waals surface area contributed by atoms with Gasteiger partial charge in [-0.25, -0.2) is 4.98 Å². The summed E-state index contributed by atoms with van der Waals surface area (Å²) in [6.45, 7) is 3.42. The van der Waals surface area contributed by atoms with E-state index in [9.17, 15) is 4.79 Å². The van der Waals surface area contributed by atoms with Gasteiger partial charge in [-0.1, -0.05) is 0 Å². The van der Waals surface area contributed by atoms with Crippen LogP contribution in [0.2, 0.25) is 0 Å². The summed E-state index contributed by atoms with van der Waals surface area (Å²) in [5.74, 6) is 0.344. The lowest BCUT2D eigenvalue weighted by molar-refractivity contribution is 0.0994. The van der Waals surface area contributed by atoms with E-state index >= 15 is 0 Å². The number of rotatable bonds is 2. The van der Waals surface area contributed by atoms with Gasteiger partial charge < -0.3 is 15.5 Å². The topological polar surface area (TPSA) is 81.2 Å². The number of nitrogens with two attached hydrogens (primary N) is 1. The molecule has 18 heavy (non-hydrogen) atoms. The molecule has 1 heterocycles. The number of oxazole rings is 1. The Balaban J connectivity index is 2.21. The minimum atomic E-state index is -0.338. The van der Waals surface area contributed by atoms with Crippen molar-refractivity contribution >= 4 is 33.2 Å². The number of aryl methyl sites for hydroxylation is 2. The molecule has 0 radical (unpaired) electrons. The highest BCUT2D eigenvalue weighted by Crippen LogP contribution is 2.23. The maximum atomic E-state index is 11.9. The number of carbonyl (C=O) groups is 1. The summed E-state index contributed by atoms with van der Waals surface area (Å²) in [6.07, 6.45) is 0. The molecule has 0 atom stereocenters. The van der Waals surface area contributed by atoms with Crippen LogP contribution in [0, 0.1) is 13.8 Å². The third-order valence-corrected chi connectivity index (χ3v) is 3.09. The van der Waals surface area contributed by atoms with Crippen molar-refractivity contribution < 1.29 is 9.21 Å². The molecule has 0 unspecified atom stereocenters. The Morgan fingerprint density at radius 3 is 2.72 bits per heavy atom. The molecule has 5 nitrogen and oxygen atoms in total. The van der Waals surface area contributed by atoms with Crippen molar-refractivity contribution in [3.8, 4) is 0 Å². The number of nitrogens with zero attached hydrogens (tertiary/aromatic N) is 1. The van der Waals surface area contributed by atoms with Crippen LogP contribution in [0.4, 0.5) is 11.4 Å². The lowest BCUT2D eigenvalue weighted by Gasteiger charge is -2.05. The van der Waals surface area contributed by atoms with Gasteiger partial charge in [0.25, 0.3) is 5.91 Å². The minimum Gasteiger partial charge on any atom is -0.436 e. The first-order valence-corrected chi connectivity index (χ1v) is 6.07. The third-order valence-electron chi connectivity index (χ3n) is 2.36. The normalized spacial score (nSPS) is 10.4. The number of halogens is 1. The zero-order valence-corrected chi connectivity index (χ0v) is 11.5. The Hall–Kier alpha value is -1.82. The zero-order chi connectivity index (χ0) is 13.3. The molecule has 0 saturated heterocycles. The van der Waals surface area contributed by atoms with Crippen LogP contribution in [0.3, 0.4) is 0 Å². The first kappa shape index (κ1) is 12.6. The van der Waals surface area contributed by atoms with Crippen LogP contribution in [0.1, 0.15) is 22.1 Å². The molecule has 0 aliphatic heterocycles.